The van der Waals surface area contributed by atoms with Gasteiger partial charge in [-0.3, -0.25) is 4.79 Å². The Morgan fingerprint density at radius 2 is 2.50 bits per heavy atom. The number of hydrogen-bond donors (Lipinski definition) is 1. The van der Waals surface area contributed by atoms with Crippen LogP contribution in [0.3, 0.4) is 0 Å². The van der Waals surface area contributed by atoms with Gasteiger partial charge in [-0.2, -0.15) is 0 Å². The minimum absolute atomic E-state index is 0.345. The summed E-state index contributed by atoms with van der Waals surface area (Å²) in [6.07, 6.45) is 0.104. The Balaban J connectivity index is 2.81. The van der Waals surface area contributed by atoms with E-state index in [-0.39, 0.29) is 6.17 Å². The predicted octanol–water partition coefficient (Wildman–Crippen LogP) is -0.948. The van der Waals surface area contributed by atoms with Gasteiger partial charge in [-0.1, -0.05) is 0 Å². The molecule has 6 heavy (non-hydrogen) atoms. The molecule has 35 valence electrons. The first kappa shape index (κ1) is 5.43. The molecule has 3 nitrogen and oxygen atoms in total. The number of hydrogen-bond acceptors (Lipinski definition) is 2. The van der Waals surface area contributed by atoms with Gasteiger partial charge in [-0.25, -0.2) is 5.32 Å². The predicted molar refractivity (Wildman–Crippen MR) is 21.8 cm³/mol. The van der Waals surface area contributed by atoms with Crippen molar-refractivity contribution in [2.75, 3.05) is 0 Å². The van der Waals surface area contributed by atoms with Gasteiger partial charge in [0.15, 0.2) is 0 Å². The molecule has 2 N–H and O–H groups in total. The first-order valence-corrected chi connectivity index (χ1v) is 1.66. The maximum absolute atomic E-state index is 9.37. The third-order valence-corrected chi connectivity index (χ3v) is 0.296. The Hall–Kier alpha value is -0.570. The van der Waals surface area contributed by atoms with Gasteiger partial charge in [0.1, 0.15) is 0 Å². The Kier molecular flexibility index (Phi) is 2.40. The lowest BCUT2D eigenvalue weighted by Crippen LogP contribution is -2.26. The van der Waals surface area contributed by atoms with Crippen molar-refractivity contribution < 1.29 is 4.79 Å². The minimum Gasteiger partial charge on any atom is -0.310 e. The van der Waals surface area contributed by atoms with Gasteiger partial charge in [0.25, 0.3) is 0 Å². The van der Waals surface area contributed by atoms with Gasteiger partial charge >= 0.3 is 0 Å². The number of amides is 1. The van der Waals surface area contributed by atoms with Crippen molar-refractivity contribution in [3.63, 3.8) is 0 Å². The molecule has 0 aromatic rings. The summed E-state index contributed by atoms with van der Waals surface area (Å²) >= 11 is 0. The monoisotopic (exact) mass is 87.1 g/mol. The maximum atomic E-state index is 9.37. The largest absolute Gasteiger partial charge is 0.310 e. The highest BCUT2D eigenvalue weighted by molar-refractivity contribution is 5.45. The quantitative estimate of drug-likeness (QED) is 0.441. The molecule has 0 heterocycles. The Bertz CT molecular complexity index is 44.1. The first-order chi connectivity index (χ1) is 2.77. The molecule has 0 aliphatic heterocycles. The smallest absolute Gasteiger partial charge is 0.229 e. The van der Waals surface area contributed by atoms with E-state index in [2.05, 4.69) is 5.32 Å². The zero-order valence-corrected chi connectivity index (χ0v) is 3.59. The van der Waals surface area contributed by atoms with Crippen LogP contribution in [-0.4, -0.2) is 12.6 Å². The van der Waals surface area contributed by atoms with Crippen molar-refractivity contribution in [3.05, 3.63) is 0 Å². The van der Waals surface area contributed by atoms with Crippen LogP contribution in [0.4, 0.5) is 0 Å². The second-order valence-electron chi connectivity index (χ2n) is 0.995. The zero-order chi connectivity index (χ0) is 4.99. The van der Waals surface area contributed by atoms with Crippen LogP contribution in [0.5, 0.6) is 0 Å². The van der Waals surface area contributed by atoms with Gasteiger partial charge in [-0.05, 0) is 6.92 Å². The lowest BCUT2D eigenvalue weighted by atomic mass is 10.6. The molecule has 0 aromatic heterocycles. The van der Waals surface area contributed by atoms with Crippen molar-refractivity contribution in [1.29, 1.82) is 0 Å². The van der Waals surface area contributed by atoms with Gasteiger partial charge in [0, 0.05) is 0 Å². The molecule has 3 heteroatoms. The fraction of sp³-hybridized carbons (Fsp3) is 0.667. The van der Waals surface area contributed by atoms with Gasteiger partial charge < -0.3 is 5.73 Å². The molecule has 0 fully saturated rings. The van der Waals surface area contributed by atoms with E-state index in [0.29, 0.717) is 6.41 Å². The first-order valence-electron chi connectivity index (χ1n) is 1.66. The van der Waals surface area contributed by atoms with Crippen LogP contribution in [-0.2, 0) is 4.79 Å². The summed E-state index contributed by atoms with van der Waals surface area (Å²) in [7, 11) is 0. The average Bonchev–Trinajstić information content (AvgIpc) is 1.35. The molecule has 0 spiro atoms. The van der Waals surface area contributed by atoms with E-state index in [1.807, 2.05) is 0 Å². The molecular formula is C3H7N2O. The van der Waals surface area contributed by atoms with E-state index >= 15 is 0 Å². The summed E-state index contributed by atoms with van der Waals surface area (Å²) in [5.74, 6) is 0. The van der Waals surface area contributed by atoms with Crippen LogP contribution in [0.25, 0.3) is 0 Å². The standard InChI is InChI=1S/C3H7N2O/c1-3(4)5-2-6/h2-3H,4H2,1H3. The number of carbonyl (C=O) groups excluding carboxylic acids is 1. The van der Waals surface area contributed by atoms with Crippen molar-refractivity contribution in [2.24, 2.45) is 5.73 Å². The van der Waals surface area contributed by atoms with E-state index < -0.39 is 0 Å². The Labute approximate surface area is 36.5 Å². The van der Waals surface area contributed by atoms with Crippen molar-refractivity contribution in [3.8, 4) is 0 Å². The Morgan fingerprint density at radius 1 is 2.00 bits per heavy atom. The normalized spacial score (nSPS) is 13.0. The van der Waals surface area contributed by atoms with Gasteiger partial charge in [-0.15, -0.1) is 0 Å². The average molecular weight is 87.1 g/mol. The summed E-state index contributed by atoms with van der Waals surface area (Å²) in [5.41, 5.74) is 5.00. The lowest BCUT2D eigenvalue weighted by Gasteiger charge is -1.92. The number of rotatable bonds is 2. The number of nitrogens with two attached hydrogens (primary N) is 1. The van der Waals surface area contributed by atoms with Crippen molar-refractivity contribution in [1.82, 2.24) is 5.32 Å². The van der Waals surface area contributed by atoms with Gasteiger partial charge in [0.2, 0.25) is 6.41 Å². The summed E-state index contributed by atoms with van der Waals surface area (Å²) < 4.78 is 0. The molecule has 0 bridgehead atoms. The maximum Gasteiger partial charge on any atom is 0.229 e. The second-order valence-corrected chi connectivity index (χ2v) is 0.995. The fourth-order valence-electron chi connectivity index (χ4n) is 0.0960. The molecule has 0 aromatic carbocycles. The minimum atomic E-state index is -0.345. The highest BCUT2D eigenvalue weighted by Gasteiger charge is 1.84. The topological polar surface area (TPSA) is 57.2 Å². The molecule has 1 atom stereocenters. The Morgan fingerprint density at radius 3 is 2.50 bits per heavy atom. The summed E-state index contributed by atoms with van der Waals surface area (Å²) in [6, 6.07) is 0. The van der Waals surface area contributed by atoms with Crippen LogP contribution >= 0.6 is 0 Å². The van der Waals surface area contributed by atoms with E-state index in [0.717, 1.165) is 0 Å². The molecular weight excluding hydrogens is 80.0 g/mol. The molecule has 0 saturated heterocycles. The van der Waals surface area contributed by atoms with E-state index in [1.165, 1.54) is 0 Å². The van der Waals surface area contributed by atoms with E-state index in [1.54, 1.807) is 6.92 Å². The second kappa shape index (κ2) is 2.66. The zero-order valence-electron chi connectivity index (χ0n) is 3.59. The van der Waals surface area contributed by atoms with E-state index in [9.17, 15) is 4.79 Å². The molecule has 1 amide bonds. The van der Waals surface area contributed by atoms with Crippen LogP contribution in [0.15, 0.2) is 0 Å². The number of carbonyl (C=O) groups is 1. The van der Waals surface area contributed by atoms with Crippen LogP contribution in [0.1, 0.15) is 6.92 Å². The molecule has 0 aliphatic carbocycles. The highest BCUT2D eigenvalue weighted by atomic mass is 16.1. The molecule has 0 aliphatic rings. The SMILES string of the molecule is CC(N)[N]C=O. The fourth-order valence-corrected chi connectivity index (χ4v) is 0.0960. The highest BCUT2D eigenvalue weighted by Crippen LogP contribution is 1.58. The molecule has 0 rings (SSSR count). The van der Waals surface area contributed by atoms with Crippen LogP contribution in [0, 0.1) is 0 Å². The summed E-state index contributed by atoms with van der Waals surface area (Å²) in [4.78, 5) is 9.37. The number of nitrogens with zero attached hydrogens (tertiary/aromatic N) is 1. The van der Waals surface area contributed by atoms with Crippen LogP contribution < -0.4 is 11.1 Å². The summed E-state index contributed by atoms with van der Waals surface area (Å²) in [5, 5.41) is 3.22. The summed E-state index contributed by atoms with van der Waals surface area (Å²) in [6.45, 7) is 1.63. The van der Waals surface area contributed by atoms with Crippen molar-refractivity contribution in [2.45, 2.75) is 13.1 Å². The van der Waals surface area contributed by atoms with E-state index in [4.69, 9.17) is 5.73 Å². The molecule has 1 radical (unpaired) electrons. The third-order valence-electron chi connectivity index (χ3n) is 0.296. The molecule has 0 saturated carbocycles. The van der Waals surface area contributed by atoms with Gasteiger partial charge in [0.05, 0.1) is 6.17 Å². The van der Waals surface area contributed by atoms with Crippen LogP contribution in [0.2, 0.25) is 0 Å². The third kappa shape index (κ3) is 3.43. The molecule has 1 unspecified atom stereocenters. The van der Waals surface area contributed by atoms with Crippen molar-refractivity contribution >= 4 is 6.41 Å². The lowest BCUT2D eigenvalue weighted by molar-refractivity contribution is -0.110.